The summed E-state index contributed by atoms with van der Waals surface area (Å²) in [4.78, 5) is 19.8. The zero-order valence-corrected chi connectivity index (χ0v) is 31.2. The summed E-state index contributed by atoms with van der Waals surface area (Å²) in [5, 5.41) is 0. The average Bonchev–Trinajstić information content (AvgIpc) is 3.30. The second-order valence-corrected chi connectivity index (χ2v) is 14.7. The zero-order valence-electron chi connectivity index (χ0n) is 31.2. The van der Waals surface area contributed by atoms with Crippen LogP contribution in [0.3, 0.4) is 0 Å². The van der Waals surface area contributed by atoms with E-state index in [-0.39, 0.29) is 0 Å². The Bertz CT molecular complexity index is 2740. The molecule has 3 aliphatic rings. The predicted octanol–water partition coefficient (Wildman–Crippen LogP) is 12.7. The van der Waals surface area contributed by atoms with Gasteiger partial charge < -0.3 is 9.80 Å². The lowest BCUT2D eigenvalue weighted by Crippen LogP contribution is -2.44. The highest BCUT2D eigenvalue weighted by atomic mass is 15.2. The van der Waals surface area contributed by atoms with Gasteiger partial charge in [0.2, 0.25) is 0 Å². The molecule has 270 valence electrons. The summed E-state index contributed by atoms with van der Waals surface area (Å²) < 4.78 is 0. The molecule has 1 aliphatic carbocycles. The molecule has 0 saturated carbocycles. The number of hydrogen-bond donors (Lipinski definition) is 0. The molecule has 0 amide bonds. The molecule has 11 rings (SSSR count). The minimum atomic E-state index is -0.488. The highest BCUT2D eigenvalue weighted by Crippen LogP contribution is 2.63. The number of benzene rings is 7. The topological polar surface area (TPSA) is 45.2 Å². The molecule has 5 nitrogen and oxygen atoms in total. The number of rotatable bonds is 5. The molecule has 0 unspecified atom stereocenters. The summed E-state index contributed by atoms with van der Waals surface area (Å²) in [6.45, 7) is 0. The highest BCUT2D eigenvalue weighted by molar-refractivity contribution is 5.93. The number of aromatic nitrogens is 3. The molecule has 0 fully saturated rings. The molecule has 1 spiro atoms. The second kappa shape index (κ2) is 13.4. The minimum Gasteiger partial charge on any atom is -0.310 e. The lowest BCUT2D eigenvalue weighted by molar-refractivity contribution is 0.643. The zero-order chi connectivity index (χ0) is 37.8. The maximum atomic E-state index is 5.01. The van der Waals surface area contributed by atoms with Gasteiger partial charge in [0.05, 0.1) is 22.5 Å². The van der Waals surface area contributed by atoms with Gasteiger partial charge in [-0.2, -0.15) is 0 Å². The van der Waals surface area contributed by atoms with E-state index in [2.05, 4.69) is 149 Å². The highest BCUT2D eigenvalue weighted by Gasteiger charge is 2.52. The van der Waals surface area contributed by atoms with Crippen LogP contribution in [-0.4, -0.2) is 15.0 Å². The molecule has 0 bridgehead atoms. The van der Waals surface area contributed by atoms with Crippen LogP contribution in [0.4, 0.5) is 28.4 Å². The lowest BCUT2D eigenvalue weighted by Gasteiger charge is -2.52. The monoisotopic (exact) mass is 731 g/mol. The standard InChI is InChI=1S/C52H37N5/c1-4-18-36(19-5-1)49-53-50(37-20-6-2-7-21-37)55-51(54-49)38-32-34-40(35-33-38)57-47-30-16-12-26-43(47)52(44-27-13-17-31-48(44)57)41-24-10-14-28-45(41)56(39-22-8-3-9-23-39)46-29-15-11-25-42(46)52/h1-10,12-24,26-35H,11,25H2. The number of fused-ring (bicyclic) bond motifs is 7. The van der Waals surface area contributed by atoms with Crippen molar-refractivity contribution in [3.8, 4) is 34.2 Å². The Hall–Kier alpha value is -7.37. The number of nitrogens with zero attached hydrogens (tertiary/aromatic N) is 5. The summed E-state index contributed by atoms with van der Waals surface area (Å²) in [6, 6.07) is 66.8. The molecule has 5 heteroatoms. The molecule has 7 aromatic carbocycles. The van der Waals surface area contributed by atoms with E-state index in [1.165, 1.54) is 50.7 Å². The van der Waals surface area contributed by atoms with Gasteiger partial charge in [-0.05, 0) is 95.8 Å². The van der Waals surface area contributed by atoms with Crippen LogP contribution in [0.2, 0.25) is 0 Å². The molecule has 0 atom stereocenters. The number of para-hydroxylation sites is 4. The van der Waals surface area contributed by atoms with Crippen molar-refractivity contribution >= 4 is 28.4 Å². The van der Waals surface area contributed by atoms with Crippen molar-refractivity contribution in [2.75, 3.05) is 9.80 Å². The fraction of sp³-hybridized carbons (Fsp3) is 0.0577. The van der Waals surface area contributed by atoms with Crippen LogP contribution in [-0.2, 0) is 5.41 Å². The first-order chi connectivity index (χ1) is 28.3. The van der Waals surface area contributed by atoms with Crippen molar-refractivity contribution in [1.29, 1.82) is 0 Å². The van der Waals surface area contributed by atoms with Crippen LogP contribution in [0.5, 0.6) is 0 Å². The van der Waals surface area contributed by atoms with Gasteiger partial charge in [-0.3, -0.25) is 0 Å². The Morgan fingerprint density at radius 3 is 1.30 bits per heavy atom. The van der Waals surface area contributed by atoms with E-state index in [1.807, 2.05) is 60.7 Å². The summed E-state index contributed by atoms with van der Waals surface area (Å²) in [7, 11) is 0. The van der Waals surface area contributed by atoms with E-state index >= 15 is 0 Å². The van der Waals surface area contributed by atoms with Gasteiger partial charge in [-0.25, -0.2) is 15.0 Å². The van der Waals surface area contributed by atoms with Crippen LogP contribution in [0, 0.1) is 0 Å². The Morgan fingerprint density at radius 2 is 0.789 bits per heavy atom. The Balaban J connectivity index is 1.08. The van der Waals surface area contributed by atoms with Crippen LogP contribution < -0.4 is 9.80 Å². The summed E-state index contributed by atoms with van der Waals surface area (Å²) in [6.07, 6.45) is 6.65. The van der Waals surface area contributed by atoms with Crippen molar-refractivity contribution in [2.45, 2.75) is 18.3 Å². The molecular formula is C52H37N5. The van der Waals surface area contributed by atoms with Crippen molar-refractivity contribution in [3.63, 3.8) is 0 Å². The molecule has 0 radical (unpaired) electrons. The third-order valence-corrected chi connectivity index (χ3v) is 11.6. The third kappa shape index (κ3) is 5.20. The molecule has 2 aliphatic heterocycles. The average molecular weight is 732 g/mol. The van der Waals surface area contributed by atoms with E-state index in [9.17, 15) is 0 Å². The SMILES string of the molecule is C1=CC2=C(CC1)C1(c3ccccc3N2c2ccccc2)c2ccccc2N(c2ccc(-c3nc(-c4ccccc4)nc(-c4ccccc4)n3)cc2)c2ccccc21. The van der Waals surface area contributed by atoms with Crippen molar-refractivity contribution in [1.82, 2.24) is 15.0 Å². The van der Waals surface area contributed by atoms with Crippen molar-refractivity contribution in [3.05, 3.63) is 228 Å². The molecule has 57 heavy (non-hydrogen) atoms. The van der Waals surface area contributed by atoms with E-state index in [0.717, 1.165) is 35.2 Å². The Labute approximate surface area is 332 Å². The van der Waals surface area contributed by atoms with Crippen LogP contribution in [0.1, 0.15) is 29.5 Å². The summed E-state index contributed by atoms with van der Waals surface area (Å²) in [5.41, 5.74) is 14.7. The Kier molecular flexibility index (Phi) is 7.78. The smallest absolute Gasteiger partial charge is 0.164 e. The first-order valence-electron chi connectivity index (χ1n) is 19.6. The number of hydrogen-bond acceptors (Lipinski definition) is 5. The van der Waals surface area contributed by atoms with E-state index in [0.29, 0.717) is 17.5 Å². The molecule has 0 N–H and O–H groups in total. The number of allylic oxidation sites excluding steroid dienone is 3. The fourth-order valence-electron chi connectivity index (χ4n) is 9.21. The molecule has 0 saturated heterocycles. The van der Waals surface area contributed by atoms with Gasteiger partial charge in [0.1, 0.15) is 0 Å². The molecular weight excluding hydrogens is 695 g/mol. The van der Waals surface area contributed by atoms with Gasteiger partial charge in [0.25, 0.3) is 0 Å². The van der Waals surface area contributed by atoms with Crippen LogP contribution in [0.15, 0.2) is 211 Å². The van der Waals surface area contributed by atoms with Gasteiger partial charge in [-0.15, -0.1) is 0 Å². The van der Waals surface area contributed by atoms with E-state index in [1.54, 1.807) is 0 Å². The Morgan fingerprint density at radius 1 is 0.386 bits per heavy atom. The van der Waals surface area contributed by atoms with Gasteiger partial charge in [0.15, 0.2) is 17.5 Å². The van der Waals surface area contributed by atoms with Crippen LogP contribution in [0.25, 0.3) is 34.2 Å². The van der Waals surface area contributed by atoms with Gasteiger partial charge in [-0.1, -0.05) is 140 Å². The van der Waals surface area contributed by atoms with Crippen molar-refractivity contribution < 1.29 is 0 Å². The fourth-order valence-corrected chi connectivity index (χ4v) is 9.21. The predicted molar refractivity (Wildman–Crippen MR) is 231 cm³/mol. The molecule has 3 heterocycles. The first kappa shape index (κ1) is 33.0. The van der Waals surface area contributed by atoms with Crippen molar-refractivity contribution in [2.24, 2.45) is 0 Å². The second-order valence-electron chi connectivity index (χ2n) is 14.7. The maximum absolute atomic E-state index is 5.01. The van der Waals surface area contributed by atoms with Crippen LogP contribution >= 0.6 is 0 Å². The maximum Gasteiger partial charge on any atom is 0.164 e. The minimum absolute atomic E-state index is 0.488. The molecule has 8 aromatic rings. The summed E-state index contributed by atoms with van der Waals surface area (Å²) >= 11 is 0. The van der Waals surface area contributed by atoms with Gasteiger partial charge >= 0.3 is 0 Å². The first-order valence-corrected chi connectivity index (χ1v) is 19.6. The largest absolute Gasteiger partial charge is 0.310 e. The van der Waals surface area contributed by atoms with Gasteiger partial charge in [0, 0.05) is 33.8 Å². The normalized spacial score (nSPS) is 14.8. The number of anilines is 5. The van der Waals surface area contributed by atoms with E-state index in [4.69, 9.17) is 15.0 Å². The molecule has 1 aromatic heterocycles. The third-order valence-electron chi connectivity index (χ3n) is 11.6. The summed E-state index contributed by atoms with van der Waals surface area (Å²) in [5.74, 6) is 1.94. The quantitative estimate of drug-likeness (QED) is 0.176. The van der Waals surface area contributed by atoms with E-state index < -0.39 is 5.41 Å². The lowest BCUT2D eigenvalue weighted by atomic mass is 9.58.